The highest BCUT2D eigenvalue weighted by molar-refractivity contribution is 7.99. The van der Waals surface area contributed by atoms with E-state index in [1.165, 1.54) is 16.9 Å². The summed E-state index contributed by atoms with van der Waals surface area (Å²) in [5.74, 6) is 0.527. The number of carbonyl (C=O) groups is 1. The molecule has 0 radical (unpaired) electrons. The second-order valence-electron chi connectivity index (χ2n) is 3.97. The number of benzene rings is 1. The highest BCUT2D eigenvalue weighted by Gasteiger charge is 2.20. The topological polar surface area (TPSA) is 46.5 Å². The zero-order valence-electron chi connectivity index (χ0n) is 9.81. The maximum atomic E-state index is 11.4. The van der Waals surface area contributed by atoms with Crippen LogP contribution in [0.1, 0.15) is 30.6 Å². The van der Waals surface area contributed by atoms with Crippen molar-refractivity contribution in [2.45, 2.75) is 30.8 Å². The van der Waals surface area contributed by atoms with Gasteiger partial charge in [0, 0.05) is 4.90 Å². The molecule has 17 heavy (non-hydrogen) atoms. The van der Waals surface area contributed by atoms with Crippen LogP contribution >= 0.6 is 11.8 Å². The molecule has 0 aromatic heterocycles. The Morgan fingerprint density at radius 3 is 3.18 bits per heavy atom. The van der Waals surface area contributed by atoms with Crippen LogP contribution in [0.15, 0.2) is 23.1 Å². The summed E-state index contributed by atoms with van der Waals surface area (Å²) < 4.78 is 4.81. The molecule has 0 spiro atoms. The number of hydrogen-bond acceptors (Lipinski definition) is 4. The summed E-state index contributed by atoms with van der Waals surface area (Å²) in [6, 6.07) is 5.71. The number of carbonyl (C=O) groups excluding carboxylic acids is 1. The molecule has 1 aromatic rings. The third kappa shape index (κ3) is 2.82. The second kappa shape index (κ2) is 5.56. The zero-order chi connectivity index (χ0) is 12.3. The third-order valence-electron chi connectivity index (χ3n) is 2.76. The standard InChI is InChI=1S/C13H16O3S/c1-2-16-13(15)12(14)10-6-5-9-4-3-7-17-11(9)8-10/h5-6,8,12,14H,2-4,7H2,1H3. The fourth-order valence-electron chi connectivity index (χ4n) is 1.88. The van der Waals surface area contributed by atoms with Crippen LogP contribution in [0.25, 0.3) is 0 Å². The van der Waals surface area contributed by atoms with Gasteiger partial charge in [-0.2, -0.15) is 0 Å². The molecule has 0 saturated carbocycles. The van der Waals surface area contributed by atoms with Crippen LogP contribution in [0.5, 0.6) is 0 Å². The Morgan fingerprint density at radius 2 is 2.41 bits per heavy atom. The van der Waals surface area contributed by atoms with Crippen LogP contribution in [-0.4, -0.2) is 23.4 Å². The molecule has 0 amide bonds. The highest BCUT2D eigenvalue weighted by atomic mass is 32.2. The third-order valence-corrected chi connectivity index (χ3v) is 3.95. The molecule has 92 valence electrons. The van der Waals surface area contributed by atoms with Gasteiger partial charge in [-0.3, -0.25) is 0 Å². The number of aryl methyl sites for hydroxylation is 1. The Labute approximate surface area is 105 Å². The molecule has 1 aromatic carbocycles. The summed E-state index contributed by atoms with van der Waals surface area (Å²) in [6.45, 7) is 2.02. The van der Waals surface area contributed by atoms with E-state index in [4.69, 9.17) is 4.74 Å². The average molecular weight is 252 g/mol. The first-order valence-corrected chi connectivity index (χ1v) is 6.81. The lowest BCUT2D eigenvalue weighted by molar-refractivity contribution is -0.153. The van der Waals surface area contributed by atoms with Gasteiger partial charge in [-0.25, -0.2) is 4.79 Å². The quantitative estimate of drug-likeness (QED) is 0.839. The number of aliphatic hydroxyl groups is 1. The average Bonchev–Trinajstić information content (AvgIpc) is 2.37. The summed E-state index contributed by atoms with van der Waals surface area (Å²) >= 11 is 1.78. The molecule has 2 rings (SSSR count). The first-order valence-electron chi connectivity index (χ1n) is 5.82. The van der Waals surface area contributed by atoms with E-state index in [0.29, 0.717) is 5.56 Å². The second-order valence-corrected chi connectivity index (χ2v) is 5.11. The Kier molecular flexibility index (Phi) is 4.07. The number of esters is 1. The van der Waals surface area contributed by atoms with Gasteiger partial charge in [-0.1, -0.05) is 12.1 Å². The van der Waals surface area contributed by atoms with Crippen LogP contribution in [0.4, 0.5) is 0 Å². The van der Waals surface area contributed by atoms with Crippen molar-refractivity contribution in [3.05, 3.63) is 29.3 Å². The first-order chi connectivity index (χ1) is 8.22. The number of aliphatic hydroxyl groups excluding tert-OH is 1. The molecule has 3 nitrogen and oxygen atoms in total. The van der Waals surface area contributed by atoms with Gasteiger partial charge < -0.3 is 9.84 Å². The van der Waals surface area contributed by atoms with Crippen LogP contribution < -0.4 is 0 Å². The largest absolute Gasteiger partial charge is 0.464 e. The monoisotopic (exact) mass is 252 g/mol. The van der Waals surface area contributed by atoms with Gasteiger partial charge in [0.2, 0.25) is 0 Å². The van der Waals surface area contributed by atoms with E-state index in [1.807, 2.05) is 18.2 Å². The van der Waals surface area contributed by atoms with Crippen LogP contribution in [-0.2, 0) is 16.0 Å². The van der Waals surface area contributed by atoms with E-state index in [0.717, 1.165) is 12.2 Å². The lowest BCUT2D eigenvalue weighted by atomic mass is 10.0. The maximum Gasteiger partial charge on any atom is 0.339 e. The van der Waals surface area contributed by atoms with Crippen molar-refractivity contribution in [3.63, 3.8) is 0 Å². The molecule has 0 aliphatic carbocycles. The summed E-state index contributed by atoms with van der Waals surface area (Å²) in [6.07, 6.45) is 1.11. The highest BCUT2D eigenvalue weighted by Crippen LogP contribution is 2.32. The van der Waals surface area contributed by atoms with Crippen molar-refractivity contribution >= 4 is 17.7 Å². The molecule has 4 heteroatoms. The van der Waals surface area contributed by atoms with Gasteiger partial charge in [0.05, 0.1) is 6.61 Å². The van der Waals surface area contributed by atoms with Crippen molar-refractivity contribution in [2.75, 3.05) is 12.4 Å². The summed E-state index contributed by atoms with van der Waals surface area (Å²) in [7, 11) is 0. The smallest absolute Gasteiger partial charge is 0.339 e. The van der Waals surface area contributed by atoms with Gasteiger partial charge in [-0.15, -0.1) is 11.8 Å². The molecular weight excluding hydrogens is 236 g/mol. The summed E-state index contributed by atoms with van der Waals surface area (Å²) in [5, 5.41) is 9.84. The van der Waals surface area contributed by atoms with E-state index < -0.39 is 12.1 Å². The van der Waals surface area contributed by atoms with Crippen LogP contribution in [0.3, 0.4) is 0 Å². The van der Waals surface area contributed by atoms with Gasteiger partial charge in [0.1, 0.15) is 0 Å². The van der Waals surface area contributed by atoms with E-state index in [9.17, 15) is 9.90 Å². The molecule has 0 fully saturated rings. The van der Waals surface area contributed by atoms with Gasteiger partial charge in [0.25, 0.3) is 0 Å². The fourth-order valence-corrected chi connectivity index (χ4v) is 2.97. The lowest BCUT2D eigenvalue weighted by Gasteiger charge is -2.17. The van der Waals surface area contributed by atoms with Gasteiger partial charge in [-0.05, 0) is 42.7 Å². The molecule has 0 bridgehead atoms. The minimum atomic E-state index is -1.16. The fraction of sp³-hybridized carbons (Fsp3) is 0.462. The van der Waals surface area contributed by atoms with Gasteiger partial charge in [0.15, 0.2) is 6.10 Å². The Hall–Kier alpha value is -1.00. The van der Waals surface area contributed by atoms with Crippen molar-refractivity contribution in [1.82, 2.24) is 0 Å². The molecular formula is C13H16O3S. The van der Waals surface area contributed by atoms with Crippen LogP contribution in [0, 0.1) is 0 Å². The van der Waals surface area contributed by atoms with E-state index in [1.54, 1.807) is 18.7 Å². The summed E-state index contributed by atoms with van der Waals surface area (Å²) in [5.41, 5.74) is 1.93. The number of rotatable bonds is 3. The number of ether oxygens (including phenoxy) is 1. The summed E-state index contributed by atoms with van der Waals surface area (Å²) in [4.78, 5) is 12.6. The minimum Gasteiger partial charge on any atom is -0.464 e. The number of fused-ring (bicyclic) bond motifs is 1. The molecule has 1 N–H and O–H groups in total. The zero-order valence-corrected chi connectivity index (χ0v) is 10.6. The predicted octanol–water partition coefficient (Wildman–Crippen LogP) is 2.32. The number of thioether (sulfide) groups is 1. The van der Waals surface area contributed by atoms with Crippen molar-refractivity contribution < 1.29 is 14.6 Å². The Morgan fingerprint density at radius 1 is 1.59 bits per heavy atom. The van der Waals surface area contributed by atoms with E-state index >= 15 is 0 Å². The molecule has 0 saturated heterocycles. The molecule has 1 aliphatic heterocycles. The number of hydrogen-bond donors (Lipinski definition) is 1. The maximum absolute atomic E-state index is 11.4. The normalized spacial score (nSPS) is 16.1. The van der Waals surface area contributed by atoms with Crippen molar-refractivity contribution in [3.8, 4) is 0 Å². The van der Waals surface area contributed by atoms with Crippen LogP contribution in [0.2, 0.25) is 0 Å². The minimum absolute atomic E-state index is 0.287. The molecule has 1 atom stereocenters. The molecule has 1 unspecified atom stereocenters. The van der Waals surface area contributed by atoms with Crippen molar-refractivity contribution in [1.29, 1.82) is 0 Å². The first kappa shape index (κ1) is 12.5. The SMILES string of the molecule is CCOC(=O)C(O)c1ccc2c(c1)SCCC2. The molecule has 1 aliphatic rings. The lowest BCUT2D eigenvalue weighted by Crippen LogP contribution is -2.15. The Bertz CT molecular complexity index is 417. The predicted molar refractivity (Wildman–Crippen MR) is 67.1 cm³/mol. The molecule has 1 heterocycles. The van der Waals surface area contributed by atoms with E-state index in [2.05, 4.69) is 0 Å². The Balaban J connectivity index is 2.18. The van der Waals surface area contributed by atoms with Crippen molar-refractivity contribution in [2.24, 2.45) is 0 Å². The van der Waals surface area contributed by atoms with Gasteiger partial charge >= 0.3 is 5.97 Å². The van der Waals surface area contributed by atoms with E-state index in [-0.39, 0.29) is 6.61 Å².